The Morgan fingerprint density at radius 2 is 1.13 bits per heavy atom. The smallest absolute Gasteiger partial charge is 0.164 e. The molecule has 8 aromatic rings. The van der Waals surface area contributed by atoms with Gasteiger partial charge in [0, 0.05) is 45.2 Å². The number of aromatic nitrogens is 6. The largest absolute Gasteiger partial charge is 0.262 e. The van der Waals surface area contributed by atoms with Gasteiger partial charge in [-0.2, -0.15) is 0 Å². The Morgan fingerprint density at radius 1 is 0.541 bits per heavy atom. The zero-order valence-electron chi connectivity index (χ0n) is 33.7. The molecule has 4 aromatic carbocycles. The third-order valence-corrected chi connectivity index (χ3v) is 10.4. The summed E-state index contributed by atoms with van der Waals surface area (Å²) < 4.78 is 0. The fourth-order valence-electron chi connectivity index (χ4n) is 7.42. The zero-order valence-corrected chi connectivity index (χ0v) is 33.7. The fraction of sp³-hybridized carbons (Fsp3) is 0.0556. The van der Waals surface area contributed by atoms with Crippen molar-refractivity contribution in [3.8, 4) is 78.9 Å². The highest BCUT2D eigenvalue weighted by molar-refractivity contribution is 5.91. The first-order valence-corrected chi connectivity index (χ1v) is 20.3. The molecule has 0 bridgehead atoms. The number of hydrogen-bond donors (Lipinski definition) is 0. The Morgan fingerprint density at radius 3 is 1.74 bits per heavy atom. The molecule has 0 amide bonds. The SMILES string of the molecule is C=N/C(=C\C=C/C)c1ccc(-c2cc(-c3nc(C4=CCCC=C4)nc(-c4ccccc4)n3)cc(-c3ccc(-c4ccccn4)nc3-c3ccccc3)c2)c(-c2ccccc2)n1. The third-order valence-electron chi connectivity index (χ3n) is 10.4. The maximum absolute atomic E-state index is 5.29. The molecule has 7 nitrogen and oxygen atoms in total. The van der Waals surface area contributed by atoms with Crippen LogP contribution in [-0.4, -0.2) is 36.6 Å². The first kappa shape index (κ1) is 38.5. The number of pyridine rings is 3. The Kier molecular flexibility index (Phi) is 11.3. The van der Waals surface area contributed by atoms with Gasteiger partial charge in [-0.05, 0) is 98.3 Å². The number of hydrogen-bond acceptors (Lipinski definition) is 7. The van der Waals surface area contributed by atoms with Crippen molar-refractivity contribution in [1.29, 1.82) is 0 Å². The Bertz CT molecular complexity index is 2970. The van der Waals surface area contributed by atoms with Crippen LogP contribution in [0.15, 0.2) is 199 Å². The predicted octanol–water partition coefficient (Wildman–Crippen LogP) is 13.1. The van der Waals surface area contributed by atoms with Gasteiger partial charge >= 0.3 is 0 Å². The van der Waals surface area contributed by atoms with Crippen LogP contribution in [0.3, 0.4) is 0 Å². The third kappa shape index (κ3) is 8.44. The van der Waals surface area contributed by atoms with Crippen molar-refractivity contribution in [2.75, 3.05) is 0 Å². The van der Waals surface area contributed by atoms with Crippen molar-refractivity contribution in [2.24, 2.45) is 4.99 Å². The summed E-state index contributed by atoms with van der Waals surface area (Å²) in [6, 6.07) is 51.3. The molecule has 0 N–H and O–H groups in total. The first-order valence-electron chi connectivity index (χ1n) is 20.3. The van der Waals surface area contributed by atoms with Crippen LogP contribution in [0.2, 0.25) is 0 Å². The average molecular weight is 788 g/mol. The second-order valence-electron chi connectivity index (χ2n) is 14.5. The minimum atomic E-state index is 0.560. The molecule has 1 aliphatic rings. The summed E-state index contributed by atoms with van der Waals surface area (Å²) in [6.45, 7) is 5.83. The fourth-order valence-corrected chi connectivity index (χ4v) is 7.42. The van der Waals surface area contributed by atoms with E-state index in [2.05, 4.69) is 89.5 Å². The van der Waals surface area contributed by atoms with Gasteiger partial charge in [0.25, 0.3) is 0 Å². The second-order valence-corrected chi connectivity index (χ2v) is 14.5. The molecule has 0 spiro atoms. The first-order chi connectivity index (χ1) is 30.1. The molecule has 9 rings (SSSR count). The molecule has 61 heavy (non-hydrogen) atoms. The Balaban J connectivity index is 1.32. The molecule has 4 heterocycles. The van der Waals surface area contributed by atoms with Crippen molar-refractivity contribution in [3.63, 3.8) is 0 Å². The summed E-state index contributed by atoms with van der Waals surface area (Å²) in [4.78, 5) is 35.0. The number of nitrogens with zero attached hydrogens (tertiary/aromatic N) is 7. The molecule has 4 aromatic heterocycles. The molecule has 0 radical (unpaired) electrons. The van der Waals surface area contributed by atoms with E-state index < -0.39 is 0 Å². The van der Waals surface area contributed by atoms with Crippen LogP contribution in [-0.2, 0) is 0 Å². The lowest BCUT2D eigenvalue weighted by Crippen LogP contribution is -2.03. The summed E-state index contributed by atoms with van der Waals surface area (Å²) in [5.41, 5.74) is 13.0. The van der Waals surface area contributed by atoms with Crippen LogP contribution in [0.5, 0.6) is 0 Å². The van der Waals surface area contributed by atoms with Gasteiger partial charge in [0.2, 0.25) is 0 Å². The monoisotopic (exact) mass is 787 g/mol. The number of rotatable bonds is 11. The van der Waals surface area contributed by atoms with E-state index in [9.17, 15) is 0 Å². The highest BCUT2D eigenvalue weighted by Gasteiger charge is 2.20. The molecule has 0 aliphatic heterocycles. The quantitative estimate of drug-likeness (QED) is 0.0958. The summed E-state index contributed by atoms with van der Waals surface area (Å²) in [5, 5.41) is 0. The molecule has 7 heteroatoms. The summed E-state index contributed by atoms with van der Waals surface area (Å²) in [6.07, 6.45) is 16.0. The molecular formula is C54H41N7. The van der Waals surface area contributed by atoms with E-state index in [1.54, 1.807) is 6.20 Å². The maximum Gasteiger partial charge on any atom is 0.164 e. The standard InChI is InChI=1S/C54H41N7/c1-3-4-27-46(55-2)48-31-29-44(50(57-48)37-19-9-5-10-20-37)41-34-42(45-30-32-49(47-28-17-18-33-56-47)58-51(45)38-21-11-6-12-22-38)36-43(35-41)54-60-52(39-23-13-7-14-24-39)59-53(61-54)40-25-15-8-16-26-40/h3-7,9-15,17-36H,2,8,16H2,1H3/b4-3-,46-27-. The van der Waals surface area contributed by atoms with Gasteiger partial charge in [-0.25, -0.2) is 24.9 Å². The van der Waals surface area contributed by atoms with E-state index in [1.807, 2.05) is 122 Å². The van der Waals surface area contributed by atoms with Crippen molar-refractivity contribution in [1.82, 2.24) is 29.9 Å². The predicted molar refractivity (Wildman–Crippen MR) is 250 cm³/mol. The van der Waals surface area contributed by atoms with E-state index in [0.717, 1.165) is 91.4 Å². The topological polar surface area (TPSA) is 89.7 Å². The van der Waals surface area contributed by atoms with Crippen molar-refractivity contribution in [2.45, 2.75) is 19.8 Å². The van der Waals surface area contributed by atoms with Gasteiger partial charge in [0.15, 0.2) is 17.5 Å². The van der Waals surface area contributed by atoms with Crippen LogP contribution in [0.1, 0.15) is 31.3 Å². The molecule has 0 fully saturated rings. The lowest BCUT2D eigenvalue weighted by molar-refractivity contribution is 1.01. The van der Waals surface area contributed by atoms with Gasteiger partial charge in [-0.15, -0.1) is 0 Å². The van der Waals surface area contributed by atoms with Gasteiger partial charge in [0.05, 0.1) is 34.2 Å². The highest BCUT2D eigenvalue weighted by atomic mass is 15.0. The maximum atomic E-state index is 5.29. The van der Waals surface area contributed by atoms with Crippen molar-refractivity contribution < 1.29 is 0 Å². The van der Waals surface area contributed by atoms with Gasteiger partial charge < -0.3 is 0 Å². The number of allylic oxidation sites excluding steroid dienone is 7. The van der Waals surface area contributed by atoms with Crippen LogP contribution in [0.25, 0.3) is 90.2 Å². The average Bonchev–Trinajstić information content (AvgIpc) is 3.35. The Hall–Kier alpha value is -8.03. The lowest BCUT2D eigenvalue weighted by Gasteiger charge is -2.17. The van der Waals surface area contributed by atoms with E-state index in [0.29, 0.717) is 23.2 Å². The van der Waals surface area contributed by atoms with Gasteiger partial charge in [0.1, 0.15) is 0 Å². The molecule has 1 aliphatic carbocycles. The summed E-state index contributed by atoms with van der Waals surface area (Å²) >= 11 is 0. The van der Waals surface area contributed by atoms with E-state index >= 15 is 0 Å². The van der Waals surface area contributed by atoms with Crippen LogP contribution in [0, 0.1) is 0 Å². The van der Waals surface area contributed by atoms with E-state index in [-0.39, 0.29) is 0 Å². The normalized spacial score (nSPS) is 12.7. The highest BCUT2D eigenvalue weighted by Crippen LogP contribution is 2.40. The van der Waals surface area contributed by atoms with E-state index in [4.69, 9.17) is 24.9 Å². The van der Waals surface area contributed by atoms with Gasteiger partial charge in [-0.3, -0.25) is 9.98 Å². The molecule has 292 valence electrons. The van der Waals surface area contributed by atoms with Crippen LogP contribution >= 0.6 is 0 Å². The van der Waals surface area contributed by atoms with Crippen molar-refractivity contribution in [3.05, 3.63) is 206 Å². The van der Waals surface area contributed by atoms with Gasteiger partial charge in [-0.1, -0.05) is 127 Å². The zero-order chi connectivity index (χ0) is 41.4. The Labute approximate surface area is 356 Å². The minimum absolute atomic E-state index is 0.560. The lowest BCUT2D eigenvalue weighted by atomic mass is 9.91. The second kappa shape index (κ2) is 17.9. The number of benzene rings is 4. The molecular weight excluding hydrogens is 747 g/mol. The molecule has 0 unspecified atom stereocenters. The molecule has 0 saturated heterocycles. The van der Waals surface area contributed by atoms with Crippen molar-refractivity contribution >= 4 is 18.0 Å². The van der Waals surface area contributed by atoms with Crippen LogP contribution in [0.4, 0.5) is 0 Å². The van der Waals surface area contributed by atoms with E-state index in [1.165, 1.54) is 0 Å². The molecule has 0 atom stereocenters. The molecule has 0 saturated carbocycles. The minimum Gasteiger partial charge on any atom is -0.262 e. The summed E-state index contributed by atoms with van der Waals surface area (Å²) in [7, 11) is 0. The van der Waals surface area contributed by atoms with Crippen LogP contribution < -0.4 is 0 Å². The number of aliphatic imine (C=N–C) groups is 1. The summed E-state index contributed by atoms with van der Waals surface area (Å²) in [5.74, 6) is 1.79.